The Balaban J connectivity index is 2.43. The van der Waals surface area contributed by atoms with Crippen LogP contribution in [0.25, 0.3) is 11.1 Å². The highest BCUT2D eigenvalue weighted by Gasteiger charge is 2.05. The molecule has 0 amide bonds. The van der Waals surface area contributed by atoms with Crippen LogP contribution in [0.5, 0.6) is 5.75 Å². The summed E-state index contributed by atoms with van der Waals surface area (Å²) in [5, 5.41) is 9.49. The van der Waals surface area contributed by atoms with Gasteiger partial charge in [0.15, 0.2) is 0 Å². The van der Waals surface area contributed by atoms with Gasteiger partial charge < -0.3 is 10.8 Å². The smallest absolute Gasteiger partial charge is 0.116 e. The number of benzene rings is 2. The molecule has 2 rings (SSSR count). The summed E-state index contributed by atoms with van der Waals surface area (Å²) in [4.78, 5) is 0. The van der Waals surface area contributed by atoms with Crippen molar-refractivity contribution in [1.29, 1.82) is 0 Å². The second-order valence-corrected chi connectivity index (χ2v) is 4.55. The number of phenolic OH excluding ortho intramolecular Hbond substituents is 1. The first-order valence-electron chi connectivity index (χ1n) is 5.77. The van der Waals surface area contributed by atoms with E-state index in [0.717, 1.165) is 11.1 Å². The molecule has 2 heteroatoms. The third kappa shape index (κ3) is 2.41. The van der Waals surface area contributed by atoms with Crippen molar-refractivity contribution in [2.45, 2.75) is 19.8 Å². The van der Waals surface area contributed by atoms with Gasteiger partial charge in [-0.25, -0.2) is 0 Å². The number of anilines is 1. The lowest BCUT2D eigenvalue weighted by molar-refractivity contribution is 0.475. The molecule has 0 saturated carbocycles. The second-order valence-electron chi connectivity index (χ2n) is 4.55. The fourth-order valence-electron chi connectivity index (χ4n) is 1.84. The Bertz CT molecular complexity index is 515. The number of phenols is 1. The van der Waals surface area contributed by atoms with Gasteiger partial charge in [0, 0.05) is 11.3 Å². The largest absolute Gasteiger partial charge is 0.508 e. The van der Waals surface area contributed by atoms with Crippen molar-refractivity contribution in [1.82, 2.24) is 0 Å². The molecule has 0 aliphatic rings. The second kappa shape index (κ2) is 4.50. The molecular formula is C15H17NO. The number of nitrogens with two attached hydrogens (primary N) is 1. The summed E-state index contributed by atoms with van der Waals surface area (Å²) >= 11 is 0. The van der Waals surface area contributed by atoms with Crippen molar-refractivity contribution < 1.29 is 5.11 Å². The predicted molar refractivity (Wildman–Crippen MR) is 72.0 cm³/mol. The number of nitrogen functional groups attached to an aromatic ring is 1. The van der Waals surface area contributed by atoms with Crippen molar-refractivity contribution in [3.05, 3.63) is 48.0 Å². The third-order valence-electron chi connectivity index (χ3n) is 2.93. The molecule has 2 nitrogen and oxygen atoms in total. The molecule has 0 unspecified atom stereocenters. The van der Waals surface area contributed by atoms with Gasteiger partial charge in [0.1, 0.15) is 5.75 Å². The molecule has 88 valence electrons. The SMILES string of the molecule is CC(C)c1ccc(-c2cc(O)ccc2N)cc1. The fraction of sp³-hybridized carbons (Fsp3) is 0.200. The summed E-state index contributed by atoms with van der Waals surface area (Å²) in [5.74, 6) is 0.757. The van der Waals surface area contributed by atoms with E-state index in [1.807, 2.05) is 12.1 Å². The molecule has 0 aliphatic heterocycles. The Hall–Kier alpha value is -1.96. The zero-order chi connectivity index (χ0) is 12.4. The van der Waals surface area contributed by atoms with E-state index in [1.54, 1.807) is 18.2 Å². The molecule has 0 atom stereocenters. The van der Waals surface area contributed by atoms with Crippen LogP contribution in [0.3, 0.4) is 0 Å². The van der Waals surface area contributed by atoms with Crippen molar-refractivity contribution in [3.8, 4) is 16.9 Å². The highest BCUT2D eigenvalue weighted by Crippen LogP contribution is 2.30. The number of hydrogen-bond acceptors (Lipinski definition) is 2. The minimum absolute atomic E-state index is 0.238. The average molecular weight is 227 g/mol. The first kappa shape index (κ1) is 11.5. The third-order valence-corrected chi connectivity index (χ3v) is 2.93. The quantitative estimate of drug-likeness (QED) is 0.606. The first-order valence-corrected chi connectivity index (χ1v) is 5.77. The molecular weight excluding hydrogens is 210 g/mol. The number of hydrogen-bond donors (Lipinski definition) is 2. The van der Waals surface area contributed by atoms with Gasteiger partial charge >= 0.3 is 0 Å². The van der Waals surface area contributed by atoms with Gasteiger partial charge in [-0.15, -0.1) is 0 Å². The lowest BCUT2D eigenvalue weighted by Crippen LogP contribution is -1.91. The zero-order valence-electron chi connectivity index (χ0n) is 10.1. The predicted octanol–water partition coefficient (Wildman–Crippen LogP) is 3.76. The molecule has 17 heavy (non-hydrogen) atoms. The fourth-order valence-corrected chi connectivity index (χ4v) is 1.84. The van der Waals surface area contributed by atoms with Gasteiger partial charge in [-0.3, -0.25) is 0 Å². The van der Waals surface area contributed by atoms with E-state index in [4.69, 9.17) is 5.73 Å². The van der Waals surface area contributed by atoms with Gasteiger partial charge in [-0.2, -0.15) is 0 Å². The summed E-state index contributed by atoms with van der Waals surface area (Å²) in [5.41, 5.74) is 9.79. The summed E-state index contributed by atoms with van der Waals surface area (Å²) < 4.78 is 0. The van der Waals surface area contributed by atoms with Crippen LogP contribution in [0.2, 0.25) is 0 Å². The van der Waals surface area contributed by atoms with E-state index in [2.05, 4.69) is 26.0 Å². The lowest BCUT2D eigenvalue weighted by Gasteiger charge is -2.09. The van der Waals surface area contributed by atoms with E-state index >= 15 is 0 Å². The van der Waals surface area contributed by atoms with Crippen LogP contribution in [0, 0.1) is 0 Å². The van der Waals surface area contributed by atoms with Crippen LogP contribution in [0.15, 0.2) is 42.5 Å². The van der Waals surface area contributed by atoms with Crippen molar-refractivity contribution >= 4 is 5.69 Å². The summed E-state index contributed by atoms with van der Waals surface area (Å²) in [6.45, 7) is 4.33. The standard InChI is InChI=1S/C15H17NO/c1-10(2)11-3-5-12(6-4-11)14-9-13(17)7-8-15(14)16/h3-10,17H,16H2,1-2H3. The van der Waals surface area contributed by atoms with Crippen molar-refractivity contribution in [3.63, 3.8) is 0 Å². The minimum atomic E-state index is 0.238. The zero-order valence-corrected chi connectivity index (χ0v) is 10.1. The summed E-state index contributed by atoms with van der Waals surface area (Å²) in [6.07, 6.45) is 0. The molecule has 0 bridgehead atoms. The topological polar surface area (TPSA) is 46.2 Å². The number of aromatic hydroxyl groups is 1. The van der Waals surface area contributed by atoms with E-state index < -0.39 is 0 Å². The monoisotopic (exact) mass is 227 g/mol. The van der Waals surface area contributed by atoms with Crippen molar-refractivity contribution in [2.24, 2.45) is 0 Å². The molecule has 0 spiro atoms. The van der Waals surface area contributed by atoms with E-state index in [-0.39, 0.29) is 5.75 Å². The van der Waals surface area contributed by atoms with Crippen LogP contribution in [0.4, 0.5) is 5.69 Å². The molecule has 0 saturated heterocycles. The first-order chi connectivity index (χ1) is 8.08. The maximum atomic E-state index is 9.49. The van der Waals surface area contributed by atoms with Gasteiger partial charge in [0.25, 0.3) is 0 Å². The molecule has 0 fully saturated rings. The molecule has 0 aliphatic carbocycles. The van der Waals surface area contributed by atoms with E-state index in [1.165, 1.54) is 5.56 Å². The minimum Gasteiger partial charge on any atom is -0.508 e. The normalized spacial score (nSPS) is 10.8. The lowest BCUT2D eigenvalue weighted by atomic mass is 9.98. The van der Waals surface area contributed by atoms with Crippen LogP contribution >= 0.6 is 0 Å². The van der Waals surface area contributed by atoms with E-state index in [0.29, 0.717) is 11.6 Å². The van der Waals surface area contributed by atoms with Crippen molar-refractivity contribution in [2.75, 3.05) is 5.73 Å². The maximum Gasteiger partial charge on any atom is 0.116 e. The highest BCUT2D eigenvalue weighted by molar-refractivity contribution is 5.77. The molecule has 2 aromatic carbocycles. The Kier molecular flexibility index (Phi) is 3.05. The summed E-state index contributed by atoms with van der Waals surface area (Å²) in [7, 11) is 0. The van der Waals surface area contributed by atoms with Gasteiger partial charge in [0.2, 0.25) is 0 Å². The van der Waals surface area contributed by atoms with Gasteiger partial charge in [-0.1, -0.05) is 38.1 Å². The average Bonchev–Trinajstić information content (AvgIpc) is 2.32. The van der Waals surface area contributed by atoms with Crippen LogP contribution in [0.1, 0.15) is 25.3 Å². The van der Waals surface area contributed by atoms with Crippen LogP contribution in [-0.4, -0.2) is 5.11 Å². The maximum absolute atomic E-state index is 9.49. The Morgan fingerprint density at radius 1 is 1.00 bits per heavy atom. The molecule has 2 aromatic rings. The Morgan fingerprint density at radius 2 is 1.65 bits per heavy atom. The summed E-state index contributed by atoms with van der Waals surface area (Å²) in [6, 6.07) is 13.3. The Morgan fingerprint density at radius 3 is 2.24 bits per heavy atom. The van der Waals surface area contributed by atoms with Crippen LogP contribution < -0.4 is 5.73 Å². The molecule has 0 heterocycles. The molecule has 0 aromatic heterocycles. The van der Waals surface area contributed by atoms with Crippen LogP contribution in [-0.2, 0) is 0 Å². The highest BCUT2D eigenvalue weighted by atomic mass is 16.3. The molecule has 0 radical (unpaired) electrons. The molecule has 3 N–H and O–H groups in total. The van der Waals surface area contributed by atoms with E-state index in [9.17, 15) is 5.11 Å². The Labute approximate surface area is 102 Å². The van der Waals surface area contributed by atoms with Gasteiger partial charge in [0.05, 0.1) is 0 Å². The van der Waals surface area contributed by atoms with Gasteiger partial charge in [-0.05, 0) is 35.2 Å². The number of rotatable bonds is 2.